The number of benzene rings is 1. The first-order chi connectivity index (χ1) is 23.0. The third-order valence-corrected chi connectivity index (χ3v) is 9.07. The van der Waals surface area contributed by atoms with E-state index in [1.54, 1.807) is 35.9 Å². The number of pyridine rings is 2. The minimum absolute atomic E-state index is 0.0639. The van der Waals surface area contributed by atoms with Crippen molar-refractivity contribution in [2.24, 2.45) is 16.8 Å². The number of nitrogen functional groups attached to an aromatic ring is 1. The van der Waals surface area contributed by atoms with Crippen LogP contribution in [0.4, 0.5) is 37.7 Å². The highest BCUT2D eigenvalue weighted by Gasteiger charge is 2.43. The number of halogens is 7. The van der Waals surface area contributed by atoms with Crippen LogP contribution >= 0.6 is 11.6 Å². The molecule has 1 aromatic carbocycles. The van der Waals surface area contributed by atoms with E-state index in [4.69, 9.17) is 17.3 Å². The van der Waals surface area contributed by atoms with E-state index in [0.717, 1.165) is 10.6 Å². The molecular weight excluding hydrogens is 676 g/mol. The first-order valence-corrected chi connectivity index (χ1v) is 15.5. The Morgan fingerprint density at radius 2 is 1.86 bits per heavy atom. The van der Waals surface area contributed by atoms with Crippen molar-refractivity contribution in [1.82, 2.24) is 14.5 Å². The van der Waals surface area contributed by atoms with E-state index in [9.17, 15) is 36.8 Å². The number of alkyl halides is 3. The van der Waals surface area contributed by atoms with Gasteiger partial charge in [-0.3, -0.25) is 19.1 Å². The van der Waals surface area contributed by atoms with Crippen LogP contribution in [0.3, 0.4) is 0 Å². The summed E-state index contributed by atoms with van der Waals surface area (Å²) in [7, 11) is 0. The number of nitriles is 1. The first-order valence-electron chi connectivity index (χ1n) is 15.1. The molecule has 2 unspecified atom stereocenters. The molecule has 16 heteroatoms. The van der Waals surface area contributed by atoms with Crippen molar-refractivity contribution in [2.45, 2.75) is 46.0 Å². The Morgan fingerprint density at radius 3 is 2.43 bits per heavy atom. The van der Waals surface area contributed by atoms with E-state index in [2.05, 4.69) is 16.6 Å². The Labute approximate surface area is 281 Å². The molecule has 2 N–H and O–H groups in total. The maximum absolute atomic E-state index is 15.7. The van der Waals surface area contributed by atoms with Gasteiger partial charge in [0.2, 0.25) is 5.91 Å². The van der Waals surface area contributed by atoms with Crippen LogP contribution in [-0.4, -0.2) is 51.7 Å². The summed E-state index contributed by atoms with van der Waals surface area (Å²) in [5.74, 6) is -7.97. The molecule has 0 aliphatic carbocycles. The maximum Gasteiger partial charge on any atom is 0.422 e. The standard InChI is InChI=1S/C33H30ClF6N7O2/c1-6-20(48)46-10-9-45(13-16(46)5)30-17-11-19(34)28(21-23(35)22(33(38,39)40)24(36)25(37)26(21)42)44-31(17)47(32(49)18(30)12-41)29-15(4)7-8-43-27(29)14(2)3/h6-8,11,14-16,29H,1,9-10,13,42H2,2-5H3/t15?,16-,29?/m1/s1. The van der Waals surface area contributed by atoms with Crippen LogP contribution in [0.2, 0.25) is 5.02 Å². The molecule has 0 radical (unpaired) electrons. The van der Waals surface area contributed by atoms with Gasteiger partial charge in [0, 0.05) is 48.9 Å². The number of nitrogens with two attached hydrogens (primary N) is 1. The van der Waals surface area contributed by atoms with Crippen LogP contribution in [0.15, 0.2) is 40.8 Å². The Morgan fingerprint density at radius 1 is 1.18 bits per heavy atom. The molecule has 1 fully saturated rings. The molecule has 2 aliphatic rings. The predicted octanol–water partition coefficient (Wildman–Crippen LogP) is 6.63. The number of piperazine rings is 1. The summed E-state index contributed by atoms with van der Waals surface area (Å²) >= 11 is 6.57. The van der Waals surface area contributed by atoms with Crippen molar-refractivity contribution in [3.8, 4) is 17.3 Å². The SMILES string of the molecule is C=CC(=O)N1CCN(c2c(C#N)c(=O)n(C3C(C(C)C)=NC=CC3C)c3nc(-c4c(N)c(F)c(F)c(C(F)(F)F)c4F)c(Cl)cc23)C[C@H]1C. The van der Waals surface area contributed by atoms with Gasteiger partial charge in [0.25, 0.3) is 5.56 Å². The van der Waals surface area contributed by atoms with Gasteiger partial charge < -0.3 is 15.5 Å². The number of carbonyl (C=O) groups is 1. The molecule has 2 aliphatic heterocycles. The second kappa shape index (κ2) is 12.9. The summed E-state index contributed by atoms with van der Waals surface area (Å²) in [4.78, 5) is 39.0. The van der Waals surface area contributed by atoms with Gasteiger partial charge in [-0.2, -0.15) is 18.4 Å². The van der Waals surface area contributed by atoms with E-state index < -0.39 is 74.7 Å². The molecule has 3 atom stereocenters. The highest BCUT2D eigenvalue weighted by Crippen LogP contribution is 2.45. The molecule has 0 spiro atoms. The fourth-order valence-corrected chi connectivity index (χ4v) is 6.74. The molecule has 4 heterocycles. The lowest BCUT2D eigenvalue weighted by atomic mass is 9.88. The molecule has 0 bridgehead atoms. The van der Waals surface area contributed by atoms with Crippen molar-refractivity contribution in [2.75, 3.05) is 30.3 Å². The highest BCUT2D eigenvalue weighted by molar-refractivity contribution is 6.34. The van der Waals surface area contributed by atoms with Gasteiger partial charge >= 0.3 is 6.18 Å². The summed E-state index contributed by atoms with van der Waals surface area (Å²) < 4.78 is 87.5. The molecule has 3 aromatic rings. The minimum atomic E-state index is -5.67. The quantitative estimate of drug-likeness (QED) is 0.138. The Bertz CT molecular complexity index is 2070. The lowest BCUT2D eigenvalue weighted by molar-refractivity contribution is -0.142. The number of allylic oxidation sites excluding steroid dienone is 1. The van der Waals surface area contributed by atoms with Crippen LogP contribution in [-0.2, 0) is 11.0 Å². The van der Waals surface area contributed by atoms with Gasteiger partial charge in [0.05, 0.1) is 33.7 Å². The molecular formula is C33H30ClF6N7O2. The molecule has 0 saturated carbocycles. The summed E-state index contributed by atoms with van der Waals surface area (Å²) in [5.41, 5.74) is -1.10. The van der Waals surface area contributed by atoms with Crippen molar-refractivity contribution in [1.29, 1.82) is 5.26 Å². The number of fused-ring (bicyclic) bond motifs is 1. The Kier molecular flexibility index (Phi) is 9.33. The molecule has 1 amide bonds. The maximum atomic E-state index is 15.7. The van der Waals surface area contributed by atoms with Crippen LogP contribution in [0.25, 0.3) is 22.3 Å². The molecule has 9 nitrogen and oxygen atoms in total. The van der Waals surface area contributed by atoms with Crippen LogP contribution in [0.1, 0.15) is 44.9 Å². The van der Waals surface area contributed by atoms with Gasteiger partial charge in [-0.1, -0.05) is 45.0 Å². The number of anilines is 2. The number of hydrogen-bond acceptors (Lipinski definition) is 7. The van der Waals surface area contributed by atoms with Crippen molar-refractivity contribution < 1.29 is 31.1 Å². The summed E-state index contributed by atoms with van der Waals surface area (Å²) in [6, 6.07) is 1.83. The summed E-state index contributed by atoms with van der Waals surface area (Å²) in [6.45, 7) is 11.1. The van der Waals surface area contributed by atoms with E-state index in [1.165, 1.54) is 6.07 Å². The Hall–Kier alpha value is -4.84. The lowest BCUT2D eigenvalue weighted by Gasteiger charge is -2.41. The fourth-order valence-electron chi connectivity index (χ4n) is 6.49. The normalized spacial score (nSPS) is 19.7. The van der Waals surface area contributed by atoms with Crippen LogP contribution in [0, 0.1) is 40.6 Å². The van der Waals surface area contributed by atoms with Crippen molar-refractivity contribution >= 4 is 45.6 Å². The average Bonchev–Trinajstić information content (AvgIpc) is 3.03. The first kappa shape index (κ1) is 35.5. The van der Waals surface area contributed by atoms with Crippen molar-refractivity contribution in [3.05, 3.63) is 75.0 Å². The average molecular weight is 706 g/mol. The van der Waals surface area contributed by atoms with E-state index in [0.29, 0.717) is 5.71 Å². The zero-order chi connectivity index (χ0) is 36.3. The fraction of sp³-hybridized carbons (Fsp3) is 0.364. The molecule has 5 rings (SSSR count). The molecule has 2 aromatic heterocycles. The molecule has 1 saturated heterocycles. The van der Waals surface area contributed by atoms with Crippen LogP contribution < -0.4 is 16.2 Å². The van der Waals surface area contributed by atoms with Gasteiger partial charge in [-0.15, -0.1) is 0 Å². The number of rotatable bonds is 5. The number of aliphatic imine (C=N–C) groups is 1. The molecule has 258 valence electrons. The van der Waals surface area contributed by atoms with Gasteiger partial charge in [-0.25, -0.2) is 18.2 Å². The predicted molar refractivity (Wildman–Crippen MR) is 174 cm³/mol. The van der Waals surface area contributed by atoms with Crippen molar-refractivity contribution in [3.63, 3.8) is 0 Å². The number of amides is 1. The van der Waals surface area contributed by atoms with Gasteiger partial charge in [-0.05, 0) is 25.0 Å². The summed E-state index contributed by atoms with van der Waals surface area (Å²) in [6.07, 6.45) is -1.25. The topological polar surface area (TPSA) is 121 Å². The summed E-state index contributed by atoms with van der Waals surface area (Å²) in [5, 5.41) is 9.96. The minimum Gasteiger partial charge on any atom is -0.396 e. The van der Waals surface area contributed by atoms with E-state index in [1.807, 2.05) is 19.9 Å². The van der Waals surface area contributed by atoms with Gasteiger partial charge in [0.15, 0.2) is 11.6 Å². The second-order valence-corrected chi connectivity index (χ2v) is 12.6. The van der Waals surface area contributed by atoms with E-state index in [-0.39, 0.29) is 53.7 Å². The number of aromatic nitrogens is 2. The van der Waals surface area contributed by atoms with Crippen LogP contribution in [0.5, 0.6) is 0 Å². The molecule has 49 heavy (non-hydrogen) atoms. The van der Waals surface area contributed by atoms with Gasteiger partial charge in [0.1, 0.15) is 28.7 Å². The highest BCUT2D eigenvalue weighted by atomic mass is 35.5. The zero-order valence-electron chi connectivity index (χ0n) is 26.7. The largest absolute Gasteiger partial charge is 0.422 e. The number of hydrogen-bond donors (Lipinski definition) is 1. The third-order valence-electron chi connectivity index (χ3n) is 8.78. The smallest absolute Gasteiger partial charge is 0.396 e. The number of nitrogens with zero attached hydrogens (tertiary/aromatic N) is 6. The zero-order valence-corrected chi connectivity index (χ0v) is 27.4. The lowest BCUT2D eigenvalue weighted by Crippen LogP contribution is -2.54. The van der Waals surface area contributed by atoms with E-state index >= 15 is 4.39 Å². The Balaban J connectivity index is 1.92. The number of carbonyl (C=O) groups excluding carboxylic acids is 1. The third kappa shape index (κ3) is 5.81. The second-order valence-electron chi connectivity index (χ2n) is 12.2. The monoisotopic (exact) mass is 705 g/mol.